The van der Waals surface area contributed by atoms with Crippen LogP contribution in [0.25, 0.3) is 22.4 Å². The van der Waals surface area contributed by atoms with Crippen LogP contribution in [0.4, 0.5) is 0 Å². The minimum absolute atomic E-state index is 0.0794. The number of hydrogen-bond acceptors (Lipinski definition) is 5. The summed E-state index contributed by atoms with van der Waals surface area (Å²) in [5.41, 5.74) is 0.776. The molecule has 2 aromatic heterocycles. The molecule has 1 aliphatic rings. The molecule has 1 aromatic carbocycles. The van der Waals surface area contributed by atoms with Gasteiger partial charge in [-0.25, -0.2) is 0 Å². The number of hydrogen-bond donors (Lipinski definition) is 0. The number of thiazole rings is 1. The molecule has 0 fully saturated rings. The van der Waals surface area contributed by atoms with E-state index in [1.807, 2.05) is 24.3 Å². The van der Waals surface area contributed by atoms with E-state index in [0.717, 1.165) is 35.1 Å². The quantitative estimate of drug-likeness (QED) is 0.652. The third kappa shape index (κ3) is 3.32. The second kappa shape index (κ2) is 7.25. The molecular formula is C20H19N3O2S. The Morgan fingerprint density at radius 2 is 2.15 bits per heavy atom. The molecule has 2 heterocycles. The second-order valence-electron chi connectivity index (χ2n) is 6.24. The predicted molar refractivity (Wildman–Crippen MR) is 104 cm³/mol. The molecule has 0 spiro atoms. The number of nitrogens with zero attached hydrogens (tertiary/aromatic N) is 3. The van der Waals surface area contributed by atoms with Gasteiger partial charge in [0.1, 0.15) is 12.4 Å². The van der Waals surface area contributed by atoms with Gasteiger partial charge in [0.2, 0.25) is 4.96 Å². The zero-order chi connectivity index (χ0) is 17.9. The Balaban J connectivity index is 1.62. The standard InChI is InChI=1S/C20H19N3O2S/c1-2-12-25-16-10-8-15(9-11-16)18-21-20-23(22-18)19(24)17(26-20)13-14-6-4-3-5-7-14/h2-4,8-11,13-14H,1,5-7,12H2. The Labute approximate surface area is 155 Å². The zero-order valence-electron chi connectivity index (χ0n) is 14.3. The minimum Gasteiger partial charge on any atom is -0.490 e. The lowest BCUT2D eigenvalue weighted by atomic mass is 9.94. The van der Waals surface area contributed by atoms with Crippen LogP contribution < -0.4 is 14.8 Å². The summed E-state index contributed by atoms with van der Waals surface area (Å²) in [5.74, 6) is 1.74. The lowest BCUT2D eigenvalue weighted by Crippen LogP contribution is -2.25. The van der Waals surface area contributed by atoms with Gasteiger partial charge in [0, 0.05) is 5.56 Å². The van der Waals surface area contributed by atoms with Crippen molar-refractivity contribution in [3.05, 3.63) is 64.0 Å². The highest BCUT2D eigenvalue weighted by molar-refractivity contribution is 7.15. The molecule has 0 saturated heterocycles. The maximum absolute atomic E-state index is 12.6. The van der Waals surface area contributed by atoms with Crippen molar-refractivity contribution in [3.8, 4) is 17.1 Å². The smallest absolute Gasteiger partial charge is 0.290 e. The van der Waals surface area contributed by atoms with Gasteiger partial charge in [-0.3, -0.25) is 4.79 Å². The maximum atomic E-state index is 12.6. The largest absolute Gasteiger partial charge is 0.490 e. The molecule has 0 saturated carbocycles. The average Bonchev–Trinajstić information content (AvgIpc) is 3.21. The number of aromatic nitrogens is 3. The summed E-state index contributed by atoms with van der Waals surface area (Å²) in [4.78, 5) is 17.8. The van der Waals surface area contributed by atoms with Crippen LogP contribution in [0.15, 0.2) is 53.9 Å². The van der Waals surface area contributed by atoms with E-state index in [1.165, 1.54) is 15.9 Å². The van der Waals surface area contributed by atoms with Crippen LogP contribution in [-0.2, 0) is 0 Å². The van der Waals surface area contributed by atoms with E-state index in [2.05, 4.69) is 34.9 Å². The zero-order valence-corrected chi connectivity index (χ0v) is 15.1. The fraction of sp³-hybridized carbons (Fsp3) is 0.250. The van der Waals surface area contributed by atoms with Gasteiger partial charge in [0.15, 0.2) is 5.82 Å². The molecule has 1 aliphatic carbocycles. The molecule has 1 atom stereocenters. The van der Waals surface area contributed by atoms with E-state index in [1.54, 1.807) is 6.08 Å². The van der Waals surface area contributed by atoms with Crippen LogP contribution in [0.1, 0.15) is 19.3 Å². The van der Waals surface area contributed by atoms with Crippen molar-refractivity contribution in [1.82, 2.24) is 14.6 Å². The first kappa shape index (κ1) is 16.7. The normalized spacial score (nSPS) is 17.7. The van der Waals surface area contributed by atoms with Gasteiger partial charge in [-0.05, 0) is 49.4 Å². The monoisotopic (exact) mass is 365 g/mol. The Kier molecular flexibility index (Phi) is 4.67. The highest BCUT2D eigenvalue weighted by atomic mass is 32.1. The number of allylic oxidation sites excluding steroid dienone is 2. The van der Waals surface area contributed by atoms with Crippen LogP contribution in [0.3, 0.4) is 0 Å². The van der Waals surface area contributed by atoms with Crippen molar-refractivity contribution in [2.75, 3.05) is 6.61 Å². The minimum atomic E-state index is -0.0794. The molecule has 6 heteroatoms. The molecule has 4 rings (SSSR count). The lowest BCUT2D eigenvalue weighted by molar-refractivity contribution is 0.363. The lowest BCUT2D eigenvalue weighted by Gasteiger charge is -2.11. The van der Waals surface area contributed by atoms with E-state index in [0.29, 0.717) is 23.3 Å². The van der Waals surface area contributed by atoms with E-state index >= 15 is 0 Å². The van der Waals surface area contributed by atoms with Crippen molar-refractivity contribution < 1.29 is 4.74 Å². The first-order chi connectivity index (χ1) is 12.7. The van der Waals surface area contributed by atoms with Gasteiger partial charge in [-0.15, -0.1) is 5.10 Å². The summed E-state index contributed by atoms with van der Waals surface area (Å²) in [6, 6.07) is 7.51. The molecule has 0 bridgehead atoms. The van der Waals surface area contributed by atoms with Crippen LogP contribution in [-0.4, -0.2) is 21.2 Å². The fourth-order valence-corrected chi connectivity index (χ4v) is 3.98. The molecule has 26 heavy (non-hydrogen) atoms. The average molecular weight is 365 g/mol. The van der Waals surface area contributed by atoms with Gasteiger partial charge in [-0.1, -0.05) is 42.2 Å². The summed E-state index contributed by atoms with van der Waals surface area (Å²) in [7, 11) is 0. The van der Waals surface area contributed by atoms with E-state index in [4.69, 9.17) is 4.74 Å². The molecule has 132 valence electrons. The molecule has 0 amide bonds. The molecular weight excluding hydrogens is 346 g/mol. The van der Waals surface area contributed by atoms with Gasteiger partial charge >= 0.3 is 0 Å². The van der Waals surface area contributed by atoms with Gasteiger partial charge in [-0.2, -0.15) is 9.50 Å². The number of ether oxygens (including phenoxy) is 1. The van der Waals surface area contributed by atoms with Crippen molar-refractivity contribution >= 4 is 22.4 Å². The van der Waals surface area contributed by atoms with Crippen molar-refractivity contribution in [1.29, 1.82) is 0 Å². The Hall–Kier alpha value is -2.73. The molecule has 3 aromatic rings. The number of benzene rings is 1. The highest BCUT2D eigenvalue weighted by Crippen LogP contribution is 2.21. The summed E-state index contributed by atoms with van der Waals surface area (Å²) in [6.45, 7) is 4.09. The van der Waals surface area contributed by atoms with Crippen LogP contribution in [0.2, 0.25) is 0 Å². The fourth-order valence-electron chi connectivity index (χ4n) is 3.01. The first-order valence-electron chi connectivity index (χ1n) is 8.65. The van der Waals surface area contributed by atoms with Crippen molar-refractivity contribution in [2.24, 2.45) is 5.92 Å². The third-order valence-electron chi connectivity index (χ3n) is 4.36. The number of fused-ring (bicyclic) bond motifs is 1. The summed E-state index contributed by atoms with van der Waals surface area (Å²) in [6.07, 6.45) is 11.3. The van der Waals surface area contributed by atoms with Crippen LogP contribution in [0, 0.1) is 5.92 Å². The van der Waals surface area contributed by atoms with Gasteiger partial charge < -0.3 is 4.74 Å². The summed E-state index contributed by atoms with van der Waals surface area (Å²) >= 11 is 1.41. The molecule has 0 radical (unpaired) electrons. The Morgan fingerprint density at radius 1 is 1.31 bits per heavy atom. The van der Waals surface area contributed by atoms with E-state index in [9.17, 15) is 4.79 Å². The second-order valence-corrected chi connectivity index (χ2v) is 7.25. The summed E-state index contributed by atoms with van der Waals surface area (Å²) in [5, 5.41) is 4.40. The van der Waals surface area contributed by atoms with Gasteiger partial charge in [0.05, 0.1) is 4.53 Å². The van der Waals surface area contributed by atoms with Crippen molar-refractivity contribution in [3.63, 3.8) is 0 Å². The first-order valence-corrected chi connectivity index (χ1v) is 9.47. The molecule has 0 aliphatic heterocycles. The van der Waals surface area contributed by atoms with Gasteiger partial charge in [0.25, 0.3) is 5.56 Å². The van der Waals surface area contributed by atoms with E-state index < -0.39 is 0 Å². The van der Waals surface area contributed by atoms with Crippen LogP contribution in [0.5, 0.6) is 5.75 Å². The predicted octanol–water partition coefficient (Wildman–Crippen LogP) is 3.24. The Morgan fingerprint density at radius 3 is 2.85 bits per heavy atom. The Bertz CT molecular complexity index is 1060. The SMILES string of the molecule is C=CCOc1ccc(-c2nc3sc(=CC4CC=CCC4)c(=O)n3n2)cc1. The summed E-state index contributed by atoms with van der Waals surface area (Å²) < 4.78 is 7.62. The molecule has 0 N–H and O–H groups in total. The highest BCUT2D eigenvalue weighted by Gasteiger charge is 2.14. The molecule has 5 nitrogen and oxygen atoms in total. The number of rotatable bonds is 5. The maximum Gasteiger partial charge on any atom is 0.290 e. The topological polar surface area (TPSA) is 56.5 Å². The van der Waals surface area contributed by atoms with Crippen molar-refractivity contribution in [2.45, 2.75) is 19.3 Å². The molecule has 1 unspecified atom stereocenters. The third-order valence-corrected chi connectivity index (χ3v) is 5.34. The van der Waals surface area contributed by atoms with Crippen LogP contribution >= 0.6 is 11.3 Å². The van der Waals surface area contributed by atoms with E-state index in [-0.39, 0.29) is 5.56 Å².